The van der Waals surface area contributed by atoms with Crippen LogP contribution in [0.1, 0.15) is 17.7 Å². The number of carboxylic acids is 1. The molecule has 1 atom stereocenters. The summed E-state index contributed by atoms with van der Waals surface area (Å²) in [5.74, 6) is -0.982. The minimum Gasteiger partial charge on any atom is -0.497 e. The van der Waals surface area contributed by atoms with Crippen LogP contribution in [-0.4, -0.2) is 91.6 Å². The van der Waals surface area contributed by atoms with Gasteiger partial charge in [0, 0.05) is 49.9 Å². The maximum atomic E-state index is 13.1. The lowest BCUT2D eigenvalue weighted by Crippen LogP contribution is -2.56. The third-order valence-electron chi connectivity index (χ3n) is 7.24. The van der Waals surface area contributed by atoms with Crippen LogP contribution in [0.5, 0.6) is 11.5 Å². The highest BCUT2D eigenvalue weighted by molar-refractivity contribution is 5.88. The number of carbonyl (C=O) groups excluding carboxylic acids is 1. The predicted octanol–water partition coefficient (Wildman–Crippen LogP) is 3.82. The number of H-pyrrole nitrogens is 1. The number of para-hydroxylation sites is 1. The molecule has 40 heavy (non-hydrogen) atoms. The summed E-state index contributed by atoms with van der Waals surface area (Å²) < 4.78 is 48.4. The number of methoxy groups -OCH3 is 2. The van der Waals surface area contributed by atoms with Gasteiger partial charge in [0.15, 0.2) is 0 Å². The molecule has 1 spiro atoms. The molecule has 0 aliphatic carbocycles. The van der Waals surface area contributed by atoms with Crippen LogP contribution in [-0.2, 0) is 26.3 Å². The van der Waals surface area contributed by atoms with Gasteiger partial charge in [-0.05, 0) is 48.7 Å². The third kappa shape index (κ3) is 6.18. The summed E-state index contributed by atoms with van der Waals surface area (Å²) in [6.45, 7) is 3.90. The average molecular weight is 564 g/mol. The van der Waals surface area contributed by atoms with Gasteiger partial charge in [0.2, 0.25) is 5.91 Å². The monoisotopic (exact) mass is 563 g/mol. The number of aromatic amines is 1. The van der Waals surface area contributed by atoms with Crippen LogP contribution in [0.2, 0.25) is 0 Å². The summed E-state index contributed by atoms with van der Waals surface area (Å²) >= 11 is 0. The average Bonchev–Trinajstić information content (AvgIpc) is 3.52. The first-order valence-corrected chi connectivity index (χ1v) is 12.8. The van der Waals surface area contributed by atoms with Crippen LogP contribution in [0, 0.1) is 0 Å². The van der Waals surface area contributed by atoms with E-state index in [1.165, 1.54) is 10.9 Å². The van der Waals surface area contributed by atoms with Gasteiger partial charge in [-0.15, -0.1) is 0 Å². The SMILES string of the molecule is COCC(=O)N1CCc2c([nH]c3ccc(OC)cc23)C12CCN(CCOc1ccccc1)C2.O=C(O)C(F)(F)F. The number of likely N-dealkylation sites (tertiary alicyclic amines) is 1. The minimum atomic E-state index is -5.08. The van der Waals surface area contributed by atoms with Gasteiger partial charge in [-0.25, -0.2) is 4.79 Å². The summed E-state index contributed by atoms with van der Waals surface area (Å²) in [7, 11) is 3.27. The number of aliphatic carboxylic acids is 1. The molecule has 0 saturated carbocycles. The Labute approximate surface area is 229 Å². The molecule has 3 aromatic rings. The first-order chi connectivity index (χ1) is 19.1. The molecular weight excluding hydrogens is 531 g/mol. The van der Waals surface area contributed by atoms with Crippen molar-refractivity contribution in [1.82, 2.24) is 14.8 Å². The van der Waals surface area contributed by atoms with E-state index < -0.39 is 12.1 Å². The number of carboxylic acid groups (broad SMARTS) is 1. The molecule has 1 aromatic heterocycles. The second kappa shape index (κ2) is 12.2. The molecule has 2 aromatic carbocycles. The Morgan fingerprint density at radius 2 is 1.80 bits per heavy atom. The molecule has 12 heteroatoms. The Morgan fingerprint density at radius 3 is 2.45 bits per heavy atom. The van der Waals surface area contributed by atoms with E-state index in [1.54, 1.807) is 14.2 Å². The van der Waals surface area contributed by atoms with Gasteiger partial charge >= 0.3 is 12.1 Å². The highest BCUT2D eigenvalue weighted by Gasteiger charge is 2.50. The van der Waals surface area contributed by atoms with Crippen LogP contribution in [0.3, 0.4) is 0 Å². The van der Waals surface area contributed by atoms with E-state index in [9.17, 15) is 18.0 Å². The van der Waals surface area contributed by atoms with Crippen molar-refractivity contribution in [3.05, 3.63) is 59.8 Å². The first kappa shape index (κ1) is 29.2. The molecule has 3 heterocycles. The second-order valence-corrected chi connectivity index (χ2v) is 9.64. The van der Waals surface area contributed by atoms with Gasteiger partial charge in [-0.2, -0.15) is 13.2 Å². The minimum absolute atomic E-state index is 0.0433. The molecule has 2 aliphatic heterocycles. The van der Waals surface area contributed by atoms with Crippen molar-refractivity contribution in [1.29, 1.82) is 0 Å². The van der Waals surface area contributed by atoms with Gasteiger partial charge in [-0.1, -0.05) is 18.2 Å². The quantitative estimate of drug-likeness (QED) is 0.451. The van der Waals surface area contributed by atoms with Gasteiger partial charge in [0.25, 0.3) is 0 Å². The van der Waals surface area contributed by atoms with Crippen molar-refractivity contribution in [3.63, 3.8) is 0 Å². The number of fused-ring (bicyclic) bond motifs is 4. The normalized spacial score (nSPS) is 18.8. The number of alkyl halides is 3. The summed E-state index contributed by atoms with van der Waals surface area (Å²) in [4.78, 5) is 30.1. The van der Waals surface area contributed by atoms with Gasteiger partial charge in [-0.3, -0.25) is 9.69 Å². The van der Waals surface area contributed by atoms with Crippen molar-refractivity contribution >= 4 is 22.8 Å². The number of hydrogen-bond donors (Lipinski definition) is 2. The lowest BCUT2D eigenvalue weighted by Gasteiger charge is -2.44. The summed E-state index contributed by atoms with van der Waals surface area (Å²) in [6, 6.07) is 16.0. The number of ether oxygens (including phenoxy) is 3. The van der Waals surface area contributed by atoms with E-state index in [4.69, 9.17) is 24.1 Å². The fourth-order valence-electron chi connectivity index (χ4n) is 5.44. The lowest BCUT2D eigenvalue weighted by molar-refractivity contribution is -0.192. The van der Waals surface area contributed by atoms with E-state index in [0.717, 1.165) is 55.2 Å². The molecule has 9 nitrogen and oxygen atoms in total. The number of hydrogen-bond acceptors (Lipinski definition) is 6. The van der Waals surface area contributed by atoms with Crippen molar-refractivity contribution in [3.8, 4) is 11.5 Å². The molecule has 0 radical (unpaired) electrons. The van der Waals surface area contributed by atoms with Crippen molar-refractivity contribution in [2.45, 2.75) is 24.6 Å². The number of aromatic nitrogens is 1. The maximum Gasteiger partial charge on any atom is 0.490 e. The highest BCUT2D eigenvalue weighted by atomic mass is 19.4. The standard InChI is InChI=1S/C26H31N3O4.C2HF3O2/c1-31-17-24(30)29-12-10-21-22-16-20(32-2)8-9-23(22)27-25(21)26(29)11-13-28(18-26)14-15-33-19-6-4-3-5-7-19;3-2(4,5)1(6)7/h3-9,16,27H,10-15,17-18H2,1-2H3;(H,6,7). The van der Waals surface area contributed by atoms with Gasteiger partial charge in [0.05, 0.1) is 12.6 Å². The van der Waals surface area contributed by atoms with Gasteiger partial charge < -0.3 is 29.2 Å². The van der Waals surface area contributed by atoms with Crippen LogP contribution in [0.25, 0.3) is 10.9 Å². The Hall–Kier alpha value is -3.77. The number of nitrogens with one attached hydrogen (secondary N) is 1. The van der Waals surface area contributed by atoms with Crippen LogP contribution in [0.15, 0.2) is 48.5 Å². The molecule has 1 fully saturated rings. The molecule has 216 valence electrons. The number of carbonyl (C=O) groups is 2. The van der Waals surface area contributed by atoms with Crippen molar-refractivity contribution in [2.24, 2.45) is 0 Å². The zero-order valence-electron chi connectivity index (χ0n) is 22.3. The zero-order valence-corrected chi connectivity index (χ0v) is 22.3. The summed E-state index contributed by atoms with van der Waals surface area (Å²) in [5.41, 5.74) is 3.16. The molecule has 1 amide bonds. The fourth-order valence-corrected chi connectivity index (χ4v) is 5.44. The molecule has 1 saturated heterocycles. The second-order valence-electron chi connectivity index (χ2n) is 9.64. The Balaban J connectivity index is 0.000000470. The van der Waals surface area contributed by atoms with E-state index >= 15 is 0 Å². The van der Waals surface area contributed by atoms with E-state index in [1.807, 2.05) is 41.3 Å². The summed E-state index contributed by atoms with van der Waals surface area (Å²) in [5, 5.41) is 8.31. The predicted molar refractivity (Wildman–Crippen MR) is 141 cm³/mol. The van der Waals surface area contributed by atoms with E-state index in [2.05, 4.69) is 22.0 Å². The van der Waals surface area contributed by atoms with Crippen LogP contribution in [0.4, 0.5) is 13.2 Å². The molecule has 0 bridgehead atoms. The third-order valence-corrected chi connectivity index (χ3v) is 7.24. The number of benzene rings is 2. The van der Waals surface area contributed by atoms with E-state index in [-0.39, 0.29) is 18.1 Å². The number of amides is 1. The highest BCUT2D eigenvalue weighted by Crippen LogP contribution is 2.45. The van der Waals surface area contributed by atoms with Crippen molar-refractivity contribution < 1.29 is 42.1 Å². The molecule has 5 rings (SSSR count). The number of rotatable bonds is 7. The van der Waals surface area contributed by atoms with Crippen LogP contribution >= 0.6 is 0 Å². The Bertz CT molecular complexity index is 1330. The molecule has 1 unspecified atom stereocenters. The smallest absolute Gasteiger partial charge is 0.490 e. The van der Waals surface area contributed by atoms with E-state index in [0.29, 0.717) is 13.2 Å². The maximum absolute atomic E-state index is 13.1. The fraction of sp³-hybridized carbons (Fsp3) is 0.429. The number of nitrogens with zero attached hydrogens (tertiary/aromatic N) is 2. The Morgan fingerprint density at radius 1 is 1.07 bits per heavy atom. The lowest BCUT2D eigenvalue weighted by atomic mass is 9.83. The van der Waals surface area contributed by atoms with Crippen molar-refractivity contribution in [2.75, 3.05) is 53.6 Å². The van der Waals surface area contributed by atoms with Crippen LogP contribution < -0.4 is 9.47 Å². The molecule has 2 aliphatic rings. The molecule has 2 N–H and O–H groups in total. The van der Waals surface area contributed by atoms with Gasteiger partial charge in [0.1, 0.15) is 24.7 Å². The summed E-state index contributed by atoms with van der Waals surface area (Å²) in [6.07, 6.45) is -3.39. The number of halogens is 3. The first-order valence-electron chi connectivity index (χ1n) is 12.8. The topological polar surface area (TPSA) is 104 Å². The largest absolute Gasteiger partial charge is 0.497 e. The zero-order chi connectivity index (χ0) is 28.9. The Kier molecular flexibility index (Phi) is 8.89. The molecular formula is C28H32F3N3O6.